The van der Waals surface area contributed by atoms with Gasteiger partial charge in [-0.25, -0.2) is 16.8 Å². The molecule has 23 heavy (non-hydrogen) atoms. The number of hydrogen-bond donors (Lipinski definition) is 0. The standard InChI is InChI=1S/C15H16ClNO4S2/c1-2-9-17(15-8-10-22(18,19)12-15)23(20,21)11-7-13-3-5-14(16)6-4-13/h1,3-7,11,15H,8-10,12H2/b11-7+. The summed E-state index contributed by atoms with van der Waals surface area (Å²) >= 11 is 5.78. The second kappa shape index (κ2) is 7.05. The molecule has 1 aromatic carbocycles. The molecule has 1 unspecified atom stereocenters. The van der Waals surface area contributed by atoms with E-state index in [1.165, 1.54) is 6.08 Å². The zero-order valence-electron chi connectivity index (χ0n) is 12.2. The van der Waals surface area contributed by atoms with Gasteiger partial charge < -0.3 is 0 Å². The number of halogens is 1. The molecule has 0 radical (unpaired) electrons. The monoisotopic (exact) mass is 373 g/mol. The fourth-order valence-electron chi connectivity index (χ4n) is 2.34. The van der Waals surface area contributed by atoms with E-state index in [2.05, 4.69) is 5.92 Å². The van der Waals surface area contributed by atoms with E-state index in [0.717, 1.165) is 9.71 Å². The lowest BCUT2D eigenvalue weighted by Gasteiger charge is -2.23. The average molecular weight is 374 g/mol. The maximum Gasteiger partial charge on any atom is 0.237 e. The van der Waals surface area contributed by atoms with E-state index in [1.807, 2.05) is 0 Å². The van der Waals surface area contributed by atoms with Crippen LogP contribution in [0.2, 0.25) is 5.02 Å². The fraction of sp³-hybridized carbons (Fsp3) is 0.333. The molecular weight excluding hydrogens is 358 g/mol. The lowest BCUT2D eigenvalue weighted by molar-refractivity contribution is 0.376. The Morgan fingerprint density at radius 1 is 1.35 bits per heavy atom. The van der Waals surface area contributed by atoms with E-state index < -0.39 is 25.9 Å². The van der Waals surface area contributed by atoms with E-state index in [1.54, 1.807) is 24.3 Å². The third kappa shape index (κ3) is 4.82. The van der Waals surface area contributed by atoms with Crippen LogP contribution >= 0.6 is 11.6 Å². The van der Waals surface area contributed by atoms with Crippen molar-refractivity contribution in [2.24, 2.45) is 0 Å². The zero-order chi connectivity index (χ0) is 17.1. The second-order valence-corrected chi connectivity index (χ2v) is 9.64. The van der Waals surface area contributed by atoms with Crippen LogP contribution in [0.15, 0.2) is 29.7 Å². The van der Waals surface area contributed by atoms with Crippen molar-refractivity contribution < 1.29 is 16.8 Å². The molecule has 1 aliphatic rings. The van der Waals surface area contributed by atoms with E-state index >= 15 is 0 Å². The molecule has 1 saturated heterocycles. The summed E-state index contributed by atoms with van der Waals surface area (Å²) in [6, 6.07) is 6.04. The highest BCUT2D eigenvalue weighted by atomic mass is 35.5. The van der Waals surface area contributed by atoms with Crippen LogP contribution in [0.3, 0.4) is 0 Å². The van der Waals surface area contributed by atoms with E-state index in [0.29, 0.717) is 10.6 Å². The second-order valence-electron chi connectivity index (χ2n) is 5.21. The van der Waals surface area contributed by atoms with Crippen LogP contribution in [-0.4, -0.2) is 45.2 Å². The van der Waals surface area contributed by atoms with Crippen LogP contribution in [0.1, 0.15) is 12.0 Å². The van der Waals surface area contributed by atoms with Crippen LogP contribution in [-0.2, 0) is 19.9 Å². The molecule has 0 saturated carbocycles. The quantitative estimate of drug-likeness (QED) is 0.737. The first-order chi connectivity index (χ1) is 10.7. The van der Waals surface area contributed by atoms with Crippen molar-refractivity contribution >= 4 is 37.5 Å². The van der Waals surface area contributed by atoms with Gasteiger partial charge in [0.05, 0.1) is 18.1 Å². The number of benzene rings is 1. The molecule has 1 aliphatic heterocycles. The molecule has 0 N–H and O–H groups in total. The van der Waals surface area contributed by atoms with Crippen molar-refractivity contribution in [3.05, 3.63) is 40.3 Å². The summed E-state index contributed by atoms with van der Waals surface area (Å²) in [5, 5.41) is 1.59. The minimum Gasteiger partial charge on any atom is -0.229 e. The first kappa shape index (κ1) is 18.0. The Hall–Kier alpha value is -1.33. The van der Waals surface area contributed by atoms with Crippen LogP contribution in [0.4, 0.5) is 0 Å². The van der Waals surface area contributed by atoms with Gasteiger partial charge in [-0.3, -0.25) is 0 Å². The number of sulfonamides is 1. The Bertz CT molecular complexity index is 836. The number of hydrogen-bond acceptors (Lipinski definition) is 4. The Morgan fingerprint density at radius 2 is 2.00 bits per heavy atom. The van der Waals surface area contributed by atoms with Gasteiger partial charge >= 0.3 is 0 Å². The summed E-state index contributed by atoms with van der Waals surface area (Å²) in [7, 11) is -7.02. The van der Waals surface area contributed by atoms with Crippen LogP contribution < -0.4 is 0 Å². The first-order valence-electron chi connectivity index (χ1n) is 6.83. The van der Waals surface area contributed by atoms with Gasteiger partial charge in [0.2, 0.25) is 10.0 Å². The first-order valence-corrected chi connectivity index (χ1v) is 10.5. The third-order valence-electron chi connectivity index (χ3n) is 3.49. The highest BCUT2D eigenvalue weighted by Gasteiger charge is 2.36. The van der Waals surface area contributed by atoms with Gasteiger partial charge in [-0.05, 0) is 30.2 Å². The van der Waals surface area contributed by atoms with Gasteiger partial charge in [0.25, 0.3) is 0 Å². The lowest BCUT2D eigenvalue weighted by Crippen LogP contribution is -2.40. The number of sulfone groups is 1. The van der Waals surface area contributed by atoms with Crippen LogP contribution in [0.25, 0.3) is 6.08 Å². The molecule has 0 bridgehead atoms. The molecule has 1 fully saturated rings. The average Bonchev–Trinajstić information content (AvgIpc) is 2.84. The smallest absolute Gasteiger partial charge is 0.229 e. The predicted octanol–water partition coefficient (Wildman–Crippen LogP) is 1.76. The van der Waals surface area contributed by atoms with E-state index in [-0.39, 0.29) is 24.5 Å². The largest absolute Gasteiger partial charge is 0.237 e. The Labute approximate surface area is 141 Å². The van der Waals surface area contributed by atoms with Gasteiger partial charge in [-0.1, -0.05) is 29.7 Å². The van der Waals surface area contributed by atoms with Crippen molar-refractivity contribution in [1.82, 2.24) is 4.31 Å². The maximum atomic E-state index is 12.5. The van der Waals surface area contributed by atoms with Crippen LogP contribution in [0, 0.1) is 12.3 Å². The summed E-state index contributed by atoms with van der Waals surface area (Å²) in [4.78, 5) is 0. The Morgan fingerprint density at radius 3 is 2.52 bits per heavy atom. The minimum absolute atomic E-state index is 0.0187. The number of nitrogens with zero attached hydrogens (tertiary/aromatic N) is 1. The maximum absolute atomic E-state index is 12.5. The molecule has 0 aromatic heterocycles. The summed E-state index contributed by atoms with van der Waals surface area (Å²) in [6.07, 6.45) is 6.93. The normalized spacial score (nSPS) is 20.8. The molecule has 2 rings (SSSR count). The summed E-state index contributed by atoms with van der Waals surface area (Å²) in [5.74, 6) is 2.07. The molecule has 0 spiro atoms. The topological polar surface area (TPSA) is 71.5 Å². The molecule has 8 heteroatoms. The predicted molar refractivity (Wildman–Crippen MR) is 92.0 cm³/mol. The molecule has 0 amide bonds. The van der Waals surface area contributed by atoms with Crippen molar-refractivity contribution in [2.45, 2.75) is 12.5 Å². The van der Waals surface area contributed by atoms with E-state index in [4.69, 9.17) is 18.0 Å². The molecule has 1 atom stereocenters. The number of rotatable bonds is 5. The summed E-state index contributed by atoms with van der Waals surface area (Å²) < 4.78 is 49.2. The molecule has 1 aromatic rings. The Balaban J connectivity index is 2.23. The highest BCUT2D eigenvalue weighted by molar-refractivity contribution is 7.93. The molecule has 0 aliphatic carbocycles. The highest BCUT2D eigenvalue weighted by Crippen LogP contribution is 2.21. The van der Waals surface area contributed by atoms with Crippen molar-refractivity contribution in [3.8, 4) is 12.3 Å². The third-order valence-corrected chi connectivity index (χ3v) is 7.06. The van der Waals surface area contributed by atoms with Gasteiger partial charge in [0.15, 0.2) is 9.84 Å². The Kier molecular flexibility index (Phi) is 5.53. The van der Waals surface area contributed by atoms with Gasteiger partial charge in [-0.15, -0.1) is 6.42 Å². The van der Waals surface area contributed by atoms with Crippen LogP contribution in [0.5, 0.6) is 0 Å². The fourth-order valence-corrected chi connectivity index (χ4v) is 5.62. The zero-order valence-corrected chi connectivity index (χ0v) is 14.6. The van der Waals surface area contributed by atoms with Crippen molar-refractivity contribution in [1.29, 1.82) is 0 Å². The minimum atomic E-state index is -3.81. The SMILES string of the molecule is C#CCN(C1CCS(=O)(=O)C1)S(=O)(=O)/C=C/c1ccc(Cl)cc1. The number of terminal acetylenes is 1. The molecule has 5 nitrogen and oxygen atoms in total. The lowest BCUT2D eigenvalue weighted by atomic mass is 10.2. The van der Waals surface area contributed by atoms with Gasteiger partial charge in [0, 0.05) is 16.5 Å². The molecule has 1 heterocycles. The van der Waals surface area contributed by atoms with Crippen molar-refractivity contribution in [2.75, 3.05) is 18.1 Å². The summed E-state index contributed by atoms with van der Waals surface area (Å²) in [6.45, 7) is -0.159. The van der Waals surface area contributed by atoms with Gasteiger partial charge in [-0.2, -0.15) is 4.31 Å². The molecular formula is C15H16ClNO4S2. The van der Waals surface area contributed by atoms with Crippen molar-refractivity contribution in [3.63, 3.8) is 0 Å². The van der Waals surface area contributed by atoms with E-state index in [9.17, 15) is 16.8 Å². The molecule has 124 valence electrons. The van der Waals surface area contributed by atoms with Gasteiger partial charge in [0.1, 0.15) is 0 Å². The summed E-state index contributed by atoms with van der Waals surface area (Å²) in [5.41, 5.74) is 0.665.